The zero-order valence-electron chi connectivity index (χ0n) is 18.9. The Morgan fingerprint density at radius 3 is 1.81 bits per heavy atom. The molecule has 0 fully saturated rings. The zero-order valence-corrected chi connectivity index (χ0v) is 18.9. The maximum absolute atomic E-state index is 12.5. The predicted octanol–water partition coefficient (Wildman–Crippen LogP) is 5.42. The molecule has 0 N–H and O–H groups in total. The molecular formula is C27H29NO4. The number of carbonyl (C=O) groups excluding carboxylic acids is 2. The molecule has 3 rings (SSSR count). The third-order valence-corrected chi connectivity index (χ3v) is 4.63. The standard InChI is InChI=1S/C24H23NO2.C3H6O2/c1-19(26)25(18-21-11-7-4-8-12-21)24(17-20-9-5-3-6-10-20)22-13-15-23(27-2)16-14-22;1-3(4)5-2/h3-17H,18H2,1-2H3;1-2H3/b24-17-;. The van der Waals surface area contributed by atoms with Crippen molar-refractivity contribution in [3.63, 3.8) is 0 Å². The van der Waals surface area contributed by atoms with Gasteiger partial charge in [0, 0.05) is 13.8 Å². The Morgan fingerprint density at radius 1 is 0.812 bits per heavy atom. The summed E-state index contributed by atoms with van der Waals surface area (Å²) in [5, 5.41) is 0. The van der Waals surface area contributed by atoms with Gasteiger partial charge in [-0.25, -0.2) is 0 Å². The highest BCUT2D eigenvalue weighted by Crippen LogP contribution is 2.26. The average Bonchev–Trinajstić information content (AvgIpc) is 2.83. The smallest absolute Gasteiger partial charge is 0.302 e. The molecule has 0 saturated carbocycles. The van der Waals surface area contributed by atoms with Crippen molar-refractivity contribution in [1.29, 1.82) is 0 Å². The van der Waals surface area contributed by atoms with Crippen LogP contribution in [0.4, 0.5) is 0 Å². The number of hydrogen-bond acceptors (Lipinski definition) is 4. The van der Waals surface area contributed by atoms with Gasteiger partial charge in [-0.1, -0.05) is 60.7 Å². The number of nitrogens with zero attached hydrogens (tertiary/aromatic N) is 1. The number of ether oxygens (including phenoxy) is 2. The van der Waals surface area contributed by atoms with Crippen LogP contribution in [0.2, 0.25) is 0 Å². The molecule has 0 aliphatic heterocycles. The molecule has 0 aliphatic carbocycles. The summed E-state index contributed by atoms with van der Waals surface area (Å²) in [4.78, 5) is 23.9. The van der Waals surface area contributed by atoms with Gasteiger partial charge in [-0.3, -0.25) is 9.59 Å². The third-order valence-electron chi connectivity index (χ3n) is 4.63. The monoisotopic (exact) mass is 431 g/mol. The number of carbonyl (C=O) groups is 2. The molecule has 5 nitrogen and oxygen atoms in total. The van der Waals surface area contributed by atoms with E-state index in [-0.39, 0.29) is 11.9 Å². The molecule has 0 atom stereocenters. The van der Waals surface area contributed by atoms with Crippen LogP contribution in [-0.4, -0.2) is 31.0 Å². The maximum Gasteiger partial charge on any atom is 0.302 e. The lowest BCUT2D eigenvalue weighted by molar-refractivity contribution is -0.138. The third kappa shape index (κ3) is 7.76. The lowest BCUT2D eigenvalue weighted by Crippen LogP contribution is -2.26. The Labute approximate surface area is 189 Å². The van der Waals surface area contributed by atoms with Gasteiger partial charge in [0.05, 0.1) is 26.5 Å². The van der Waals surface area contributed by atoms with Gasteiger partial charge < -0.3 is 14.4 Å². The van der Waals surface area contributed by atoms with Crippen molar-refractivity contribution in [2.24, 2.45) is 0 Å². The normalized spacial score (nSPS) is 10.4. The van der Waals surface area contributed by atoms with E-state index >= 15 is 0 Å². The van der Waals surface area contributed by atoms with Gasteiger partial charge in [0.15, 0.2) is 0 Å². The number of methoxy groups -OCH3 is 2. The van der Waals surface area contributed by atoms with E-state index in [0.29, 0.717) is 6.54 Å². The molecule has 0 radical (unpaired) electrons. The molecule has 0 saturated heterocycles. The summed E-state index contributed by atoms with van der Waals surface area (Å²) in [7, 11) is 3.00. The number of hydrogen-bond donors (Lipinski definition) is 0. The molecule has 32 heavy (non-hydrogen) atoms. The first-order chi connectivity index (χ1) is 15.4. The summed E-state index contributed by atoms with van der Waals surface area (Å²) < 4.78 is 9.38. The van der Waals surface area contributed by atoms with E-state index in [1.165, 1.54) is 14.0 Å². The van der Waals surface area contributed by atoms with Crippen LogP contribution < -0.4 is 4.74 Å². The Bertz CT molecular complexity index is 1010. The Morgan fingerprint density at radius 2 is 1.34 bits per heavy atom. The average molecular weight is 432 g/mol. The summed E-state index contributed by atoms with van der Waals surface area (Å²) in [6.07, 6.45) is 2.05. The van der Waals surface area contributed by atoms with Crippen molar-refractivity contribution in [2.45, 2.75) is 20.4 Å². The second-order valence-corrected chi connectivity index (χ2v) is 6.96. The van der Waals surface area contributed by atoms with E-state index in [9.17, 15) is 9.59 Å². The Kier molecular flexibility index (Phi) is 9.72. The SMILES string of the molecule is COC(C)=O.COc1ccc(/C(=C/c2ccccc2)N(Cc2ccccc2)C(C)=O)cc1. The molecule has 0 aliphatic rings. The Balaban J connectivity index is 0.000000654. The van der Waals surface area contributed by atoms with Crippen molar-refractivity contribution in [3.8, 4) is 5.75 Å². The number of rotatable bonds is 6. The highest BCUT2D eigenvalue weighted by Gasteiger charge is 2.17. The van der Waals surface area contributed by atoms with Crippen LogP contribution in [0.1, 0.15) is 30.5 Å². The summed E-state index contributed by atoms with van der Waals surface area (Å²) in [6, 6.07) is 27.8. The van der Waals surface area contributed by atoms with Crippen LogP contribution in [-0.2, 0) is 20.9 Å². The van der Waals surface area contributed by atoms with Gasteiger partial charge in [-0.2, -0.15) is 0 Å². The lowest BCUT2D eigenvalue weighted by Gasteiger charge is -2.25. The maximum atomic E-state index is 12.5. The summed E-state index contributed by atoms with van der Waals surface area (Å²) >= 11 is 0. The topological polar surface area (TPSA) is 55.8 Å². The van der Waals surface area contributed by atoms with Gasteiger partial charge in [0.1, 0.15) is 5.75 Å². The van der Waals surface area contributed by atoms with Crippen LogP contribution in [0.15, 0.2) is 84.9 Å². The van der Waals surface area contributed by atoms with Gasteiger partial charge in [0.25, 0.3) is 0 Å². The van der Waals surface area contributed by atoms with E-state index in [1.807, 2.05) is 95.9 Å². The van der Waals surface area contributed by atoms with Gasteiger partial charge in [-0.05, 0) is 47.0 Å². The fourth-order valence-corrected chi connectivity index (χ4v) is 2.92. The van der Waals surface area contributed by atoms with Gasteiger partial charge in [0.2, 0.25) is 5.91 Å². The lowest BCUT2D eigenvalue weighted by atomic mass is 10.1. The molecular weight excluding hydrogens is 402 g/mol. The van der Waals surface area contributed by atoms with E-state index in [4.69, 9.17) is 4.74 Å². The van der Waals surface area contributed by atoms with E-state index in [0.717, 1.165) is 28.1 Å². The molecule has 0 unspecified atom stereocenters. The van der Waals surface area contributed by atoms with E-state index in [1.54, 1.807) is 14.0 Å². The van der Waals surface area contributed by atoms with Gasteiger partial charge >= 0.3 is 5.97 Å². The van der Waals surface area contributed by atoms with Crippen LogP contribution in [0.3, 0.4) is 0 Å². The molecule has 3 aromatic carbocycles. The minimum absolute atomic E-state index is 0.00291. The molecule has 166 valence electrons. The van der Waals surface area contributed by atoms with Crippen molar-refractivity contribution in [3.05, 3.63) is 102 Å². The first-order valence-corrected chi connectivity index (χ1v) is 10.2. The van der Waals surface area contributed by atoms with E-state index < -0.39 is 0 Å². The second-order valence-electron chi connectivity index (χ2n) is 6.96. The van der Waals surface area contributed by atoms with Crippen LogP contribution in [0.25, 0.3) is 11.8 Å². The molecule has 3 aromatic rings. The number of benzene rings is 3. The minimum Gasteiger partial charge on any atom is -0.497 e. The Hall–Kier alpha value is -3.86. The molecule has 0 aromatic heterocycles. The van der Waals surface area contributed by atoms with Crippen molar-refractivity contribution in [1.82, 2.24) is 4.90 Å². The molecule has 0 spiro atoms. The molecule has 0 heterocycles. The fraction of sp³-hybridized carbons (Fsp3) is 0.185. The van der Waals surface area contributed by atoms with E-state index in [2.05, 4.69) is 4.74 Å². The first-order valence-electron chi connectivity index (χ1n) is 10.2. The predicted molar refractivity (Wildman–Crippen MR) is 128 cm³/mol. The summed E-state index contributed by atoms with van der Waals surface area (Å²) in [6.45, 7) is 3.48. The highest BCUT2D eigenvalue weighted by molar-refractivity contribution is 5.91. The zero-order chi connectivity index (χ0) is 23.3. The largest absolute Gasteiger partial charge is 0.497 e. The number of esters is 1. The van der Waals surface area contributed by atoms with Crippen molar-refractivity contribution >= 4 is 23.6 Å². The highest BCUT2D eigenvalue weighted by atomic mass is 16.5. The van der Waals surface area contributed by atoms with Gasteiger partial charge in [-0.15, -0.1) is 0 Å². The first kappa shape index (κ1) is 24.4. The van der Waals surface area contributed by atoms with Crippen LogP contribution in [0, 0.1) is 0 Å². The van der Waals surface area contributed by atoms with Crippen molar-refractivity contribution in [2.75, 3.05) is 14.2 Å². The van der Waals surface area contributed by atoms with Crippen LogP contribution in [0.5, 0.6) is 5.75 Å². The number of amides is 1. The molecule has 0 bridgehead atoms. The quantitative estimate of drug-likeness (QED) is 0.386. The second kappa shape index (κ2) is 12.7. The molecule has 1 amide bonds. The fourth-order valence-electron chi connectivity index (χ4n) is 2.92. The summed E-state index contributed by atoms with van der Waals surface area (Å²) in [5.41, 5.74) is 3.95. The molecule has 5 heteroatoms. The summed E-state index contributed by atoms with van der Waals surface area (Å²) in [5.74, 6) is 0.539. The minimum atomic E-state index is -0.245. The van der Waals surface area contributed by atoms with Crippen molar-refractivity contribution < 1.29 is 19.1 Å². The van der Waals surface area contributed by atoms with Crippen LogP contribution >= 0.6 is 0 Å².